The summed E-state index contributed by atoms with van der Waals surface area (Å²) in [6, 6.07) is 8.23. The van der Waals surface area contributed by atoms with E-state index in [1.165, 1.54) is 36.4 Å². The van der Waals surface area contributed by atoms with E-state index in [4.69, 9.17) is 39.1 Å². The molecule has 0 spiro atoms. The third-order valence-corrected chi connectivity index (χ3v) is 4.66. The van der Waals surface area contributed by atoms with Gasteiger partial charge in [0.1, 0.15) is 12.2 Å². The number of urea groups is 1. The number of nitrogens with zero attached hydrogens (tertiary/aromatic N) is 1. The van der Waals surface area contributed by atoms with Gasteiger partial charge in [-0.05, 0) is 55.0 Å². The topological polar surface area (TPSA) is 84.9 Å². The van der Waals surface area contributed by atoms with Crippen LogP contribution in [0.1, 0.15) is 12.5 Å². The number of hydrogen-bond acceptors (Lipinski definition) is 5. The molecule has 0 aliphatic carbocycles. The van der Waals surface area contributed by atoms with Gasteiger partial charge in [-0.15, -0.1) is 6.42 Å². The Kier molecular flexibility index (Phi) is 6.85. The molecular weight excluding hydrogens is 443 g/mol. The van der Waals surface area contributed by atoms with E-state index in [1.807, 2.05) is 0 Å². The number of imide groups is 2. The lowest BCUT2D eigenvalue weighted by Crippen LogP contribution is -2.54. The Hall–Kier alpha value is -3.47. The Bertz CT molecular complexity index is 1120. The zero-order valence-electron chi connectivity index (χ0n) is 16.3. The molecule has 4 amide bonds. The van der Waals surface area contributed by atoms with Gasteiger partial charge in [-0.1, -0.05) is 29.1 Å². The van der Waals surface area contributed by atoms with E-state index in [-0.39, 0.29) is 28.6 Å². The van der Waals surface area contributed by atoms with Gasteiger partial charge in [0.05, 0.1) is 17.3 Å². The lowest BCUT2D eigenvalue weighted by molar-refractivity contribution is -0.122. The van der Waals surface area contributed by atoms with E-state index in [2.05, 4.69) is 11.2 Å². The molecule has 31 heavy (non-hydrogen) atoms. The van der Waals surface area contributed by atoms with E-state index < -0.39 is 17.8 Å². The van der Waals surface area contributed by atoms with E-state index >= 15 is 0 Å². The first-order valence-corrected chi connectivity index (χ1v) is 9.81. The van der Waals surface area contributed by atoms with Crippen LogP contribution in [0.15, 0.2) is 42.0 Å². The van der Waals surface area contributed by atoms with Crippen molar-refractivity contribution in [1.82, 2.24) is 5.32 Å². The van der Waals surface area contributed by atoms with Crippen LogP contribution in [0.3, 0.4) is 0 Å². The quantitative estimate of drug-likeness (QED) is 0.400. The van der Waals surface area contributed by atoms with Crippen molar-refractivity contribution >= 4 is 52.8 Å². The van der Waals surface area contributed by atoms with Crippen molar-refractivity contribution < 1.29 is 23.9 Å². The zero-order valence-corrected chi connectivity index (χ0v) is 17.8. The van der Waals surface area contributed by atoms with Crippen LogP contribution in [-0.2, 0) is 9.59 Å². The summed E-state index contributed by atoms with van der Waals surface area (Å²) in [5.41, 5.74) is 0.396. The maximum Gasteiger partial charge on any atom is 0.335 e. The molecule has 0 radical (unpaired) electrons. The fourth-order valence-electron chi connectivity index (χ4n) is 2.84. The maximum atomic E-state index is 13.0. The van der Waals surface area contributed by atoms with Crippen LogP contribution < -0.4 is 19.7 Å². The highest BCUT2D eigenvalue weighted by atomic mass is 35.5. The second kappa shape index (κ2) is 9.56. The molecule has 3 rings (SSSR count). The second-order valence-electron chi connectivity index (χ2n) is 6.19. The lowest BCUT2D eigenvalue weighted by atomic mass is 10.1. The number of ether oxygens (including phenoxy) is 2. The second-order valence-corrected chi connectivity index (χ2v) is 7.03. The number of amides is 4. The average molecular weight is 459 g/mol. The Morgan fingerprint density at radius 3 is 2.48 bits per heavy atom. The van der Waals surface area contributed by atoms with Crippen LogP contribution in [0, 0.1) is 12.3 Å². The van der Waals surface area contributed by atoms with Crippen LogP contribution in [0.25, 0.3) is 6.08 Å². The van der Waals surface area contributed by atoms with Crippen LogP contribution in [0.4, 0.5) is 10.5 Å². The highest BCUT2D eigenvalue weighted by Gasteiger charge is 2.36. The van der Waals surface area contributed by atoms with E-state index in [9.17, 15) is 14.4 Å². The predicted molar refractivity (Wildman–Crippen MR) is 117 cm³/mol. The highest BCUT2D eigenvalue weighted by Crippen LogP contribution is 2.37. The molecule has 0 unspecified atom stereocenters. The van der Waals surface area contributed by atoms with E-state index in [1.54, 1.807) is 13.0 Å². The molecule has 1 aliphatic heterocycles. The monoisotopic (exact) mass is 458 g/mol. The molecule has 0 aromatic heterocycles. The number of hydrogen-bond donors (Lipinski definition) is 1. The Balaban J connectivity index is 2.02. The summed E-state index contributed by atoms with van der Waals surface area (Å²) in [6.07, 6.45) is 6.54. The van der Waals surface area contributed by atoms with Crippen molar-refractivity contribution in [3.05, 3.63) is 57.6 Å². The van der Waals surface area contributed by atoms with Crippen LogP contribution in [0.5, 0.6) is 11.5 Å². The molecule has 1 saturated heterocycles. The smallest absolute Gasteiger partial charge is 0.335 e. The molecule has 2 aromatic rings. The maximum absolute atomic E-state index is 13.0. The number of anilines is 1. The van der Waals surface area contributed by atoms with Crippen LogP contribution in [0.2, 0.25) is 10.0 Å². The van der Waals surface area contributed by atoms with Gasteiger partial charge >= 0.3 is 6.03 Å². The first-order valence-electron chi connectivity index (χ1n) is 9.05. The summed E-state index contributed by atoms with van der Waals surface area (Å²) in [6.45, 7) is 2.08. The summed E-state index contributed by atoms with van der Waals surface area (Å²) in [5.74, 6) is 1.26. The standard InChI is InChI=1S/C22H16Cl2N2O5/c1-3-9-31-19-17(24)11-13(12-18(19)30-4-2)10-16-20(27)25-22(29)26(21(16)28)15-7-5-14(23)6-8-15/h1,5-8,10-12H,4,9H2,2H3,(H,25,27,29). The zero-order chi connectivity index (χ0) is 22.5. The van der Waals surface area contributed by atoms with Crippen LogP contribution >= 0.6 is 23.2 Å². The number of terminal acetylenes is 1. The van der Waals surface area contributed by atoms with Crippen molar-refractivity contribution in [2.45, 2.75) is 6.92 Å². The highest BCUT2D eigenvalue weighted by molar-refractivity contribution is 6.39. The Morgan fingerprint density at radius 2 is 1.84 bits per heavy atom. The SMILES string of the molecule is C#CCOc1c(Cl)cc(C=C2C(=O)NC(=O)N(c3ccc(Cl)cc3)C2=O)cc1OCC. The molecule has 7 nitrogen and oxygen atoms in total. The van der Waals surface area contributed by atoms with Gasteiger partial charge in [0.2, 0.25) is 0 Å². The molecule has 1 aliphatic rings. The van der Waals surface area contributed by atoms with Crippen molar-refractivity contribution in [2.24, 2.45) is 0 Å². The number of carbonyl (C=O) groups excluding carboxylic acids is 3. The van der Waals surface area contributed by atoms with E-state index in [0.29, 0.717) is 22.9 Å². The third-order valence-electron chi connectivity index (χ3n) is 4.13. The number of carbonyl (C=O) groups is 3. The minimum Gasteiger partial charge on any atom is -0.490 e. The number of halogens is 2. The summed E-state index contributed by atoms with van der Waals surface area (Å²) in [5, 5.41) is 2.77. The fraction of sp³-hybridized carbons (Fsp3) is 0.136. The first kappa shape index (κ1) is 22.2. The molecule has 0 saturated carbocycles. The van der Waals surface area contributed by atoms with Crippen molar-refractivity contribution in [3.63, 3.8) is 0 Å². The van der Waals surface area contributed by atoms with Crippen molar-refractivity contribution in [3.8, 4) is 23.8 Å². The molecule has 9 heteroatoms. The summed E-state index contributed by atoms with van der Waals surface area (Å²) < 4.78 is 11.0. The minimum absolute atomic E-state index is 0.0146. The van der Waals surface area contributed by atoms with Gasteiger partial charge in [-0.25, -0.2) is 9.69 Å². The van der Waals surface area contributed by atoms with Gasteiger partial charge in [0, 0.05) is 5.02 Å². The number of nitrogens with one attached hydrogen (secondary N) is 1. The largest absolute Gasteiger partial charge is 0.490 e. The summed E-state index contributed by atoms with van der Waals surface area (Å²) >= 11 is 12.2. The normalized spacial score (nSPS) is 15.0. The Labute approximate surface area is 188 Å². The summed E-state index contributed by atoms with van der Waals surface area (Å²) in [4.78, 5) is 38.5. The molecule has 0 atom stereocenters. The fourth-order valence-corrected chi connectivity index (χ4v) is 3.24. The average Bonchev–Trinajstić information content (AvgIpc) is 2.72. The molecule has 1 heterocycles. The van der Waals surface area contributed by atoms with Gasteiger partial charge in [-0.3, -0.25) is 14.9 Å². The molecule has 1 N–H and O–H groups in total. The molecular formula is C22H16Cl2N2O5. The van der Waals surface area contributed by atoms with Crippen molar-refractivity contribution in [2.75, 3.05) is 18.1 Å². The minimum atomic E-state index is -0.861. The lowest BCUT2D eigenvalue weighted by Gasteiger charge is -2.26. The third kappa shape index (κ3) is 4.82. The molecule has 158 valence electrons. The van der Waals surface area contributed by atoms with Gasteiger partial charge in [-0.2, -0.15) is 0 Å². The predicted octanol–water partition coefficient (Wildman–Crippen LogP) is 4.07. The first-order chi connectivity index (χ1) is 14.8. The van der Waals surface area contributed by atoms with Gasteiger partial charge in [0.25, 0.3) is 11.8 Å². The number of benzene rings is 2. The number of rotatable bonds is 6. The molecule has 2 aromatic carbocycles. The molecule has 1 fully saturated rings. The summed E-state index contributed by atoms with van der Waals surface area (Å²) in [7, 11) is 0. The van der Waals surface area contributed by atoms with Crippen LogP contribution in [-0.4, -0.2) is 31.1 Å². The van der Waals surface area contributed by atoms with Crippen molar-refractivity contribution in [1.29, 1.82) is 0 Å². The van der Waals surface area contributed by atoms with Gasteiger partial charge < -0.3 is 9.47 Å². The molecule has 0 bridgehead atoms. The van der Waals surface area contributed by atoms with E-state index in [0.717, 1.165) is 4.90 Å². The Morgan fingerprint density at radius 1 is 1.13 bits per heavy atom. The van der Waals surface area contributed by atoms with Gasteiger partial charge in [0.15, 0.2) is 11.5 Å². The number of barbiturate groups is 1.